The van der Waals surface area contributed by atoms with Crippen molar-refractivity contribution in [2.45, 2.75) is 19.4 Å². The van der Waals surface area contributed by atoms with Gasteiger partial charge in [-0.25, -0.2) is 0 Å². The Hall–Kier alpha value is -3.15. The van der Waals surface area contributed by atoms with Crippen LogP contribution in [0.2, 0.25) is 0 Å². The van der Waals surface area contributed by atoms with Crippen molar-refractivity contribution >= 4 is 23.1 Å². The van der Waals surface area contributed by atoms with Gasteiger partial charge in [-0.2, -0.15) is 10.1 Å². The van der Waals surface area contributed by atoms with Crippen molar-refractivity contribution in [1.82, 2.24) is 15.2 Å². The summed E-state index contributed by atoms with van der Waals surface area (Å²) in [6.07, 6.45) is 2.71. The Balaban J connectivity index is 1.61. The summed E-state index contributed by atoms with van der Waals surface area (Å²) in [6.45, 7) is 2.19. The van der Waals surface area contributed by atoms with Gasteiger partial charge in [-0.3, -0.25) is 0 Å². The number of nitrogens with zero attached hydrogens (tertiary/aromatic N) is 4. The number of fused-ring (bicyclic) bond motifs is 1. The zero-order chi connectivity index (χ0) is 17.2. The first-order valence-electron chi connectivity index (χ1n) is 8.22. The minimum absolute atomic E-state index is 0.336. The minimum atomic E-state index is 0.336. The number of para-hydroxylation sites is 1. The van der Waals surface area contributed by atoms with Crippen molar-refractivity contribution in [1.29, 1.82) is 0 Å². The molecule has 0 spiro atoms. The van der Waals surface area contributed by atoms with Crippen LogP contribution in [0.15, 0.2) is 54.7 Å². The van der Waals surface area contributed by atoms with Crippen LogP contribution in [-0.4, -0.2) is 28.3 Å². The molecule has 1 aliphatic heterocycles. The van der Waals surface area contributed by atoms with Crippen LogP contribution in [0, 0.1) is 0 Å². The van der Waals surface area contributed by atoms with E-state index in [0.717, 1.165) is 23.7 Å². The zero-order valence-corrected chi connectivity index (χ0v) is 14.2. The van der Waals surface area contributed by atoms with Crippen LogP contribution < -0.4 is 15.0 Å². The molecule has 0 amide bonds. The molecule has 25 heavy (non-hydrogen) atoms. The Morgan fingerprint density at radius 1 is 1.12 bits per heavy atom. The number of aromatic nitrogens is 3. The fourth-order valence-corrected chi connectivity index (χ4v) is 3.18. The zero-order valence-electron chi connectivity index (χ0n) is 14.2. The maximum atomic E-state index is 5.17. The fraction of sp³-hybridized carbons (Fsp3) is 0.211. The summed E-state index contributed by atoms with van der Waals surface area (Å²) >= 11 is 0. The number of anilines is 4. The highest BCUT2D eigenvalue weighted by Gasteiger charge is 2.28. The van der Waals surface area contributed by atoms with Crippen LogP contribution in [-0.2, 0) is 6.42 Å². The van der Waals surface area contributed by atoms with Crippen molar-refractivity contribution in [2.24, 2.45) is 0 Å². The average Bonchev–Trinajstić information content (AvgIpc) is 2.98. The second-order valence-electron chi connectivity index (χ2n) is 6.04. The molecule has 6 heteroatoms. The molecular formula is C19H19N5O. The first-order valence-corrected chi connectivity index (χ1v) is 8.22. The Bertz CT molecular complexity index is 881. The van der Waals surface area contributed by atoms with Crippen molar-refractivity contribution in [3.63, 3.8) is 0 Å². The third-order valence-corrected chi connectivity index (χ3v) is 4.35. The van der Waals surface area contributed by atoms with Gasteiger partial charge >= 0.3 is 0 Å². The van der Waals surface area contributed by atoms with Gasteiger partial charge in [-0.05, 0) is 49.2 Å². The van der Waals surface area contributed by atoms with E-state index in [1.165, 1.54) is 11.3 Å². The monoisotopic (exact) mass is 333 g/mol. The number of hydrogen-bond acceptors (Lipinski definition) is 6. The lowest BCUT2D eigenvalue weighted by Crippen LogP contribution is -2.25. The molecule has 1 unspecified atom stereocenters. The third kappa shape index (κ3) is 2.98. The van der Waals surface area contributed by atoms with Crippen molar-refractivity contribution in [3.8, 4) is 5.75 Å². The highest BCUT2D eigenvalue weighted by atomic mass is 16.5. The third-order valence-electron chi connectivity index (χ3n) is 4.35. The quantitative estimate of drug-likeness (QED) is 0.785. The molecule has 2 heterocycles. The fourth-order valence-electron chi connectivity index (χ4n) is 3.18. The molecule has 0 bridgehead atoms. The van der Waals surface area contributed by atoms with Crippen LogP contribution in [0.5, 0.6) is 5.75 Å². The number of methoxy groups -OCH3 is 1. The SMILES string of the molecule is COc1ccc(Nc2nncc(N3c4ccccc4CC3C)n2)cc1. The molecule has 1 aromatic heterocycles. The average molecular weight is 333 g/mol. The predicted molar refractivity (Wildman–Crippen MR) is 97.9 cm³/mol. The summed E-state index contributed by atoms with van der Waals surface area (Å²) in [6, 6.07) is 16.4. The first kappa shape index (κ1) is 15.4. The molecular weight excluding hydrogens is 314 g/mol. The molecule has 4 rings (SSSR count). The molecule has 6 nitrogen and oxygen atoms in total. The van der Waals surface area contributed by atoms with E-state index in [9.17, 15) is 0 Å². The van der Waals surface area contributed by atoms with E-state index in [4.69, 9.17) is 4.74 Å². The molecule has 0 saturated heterocycles. The molecule has 1 N–H and O–H groups in total. The Morgan fingerprint density at radius 3 is 2.72 bits per heavy atom. The summed E-state index contributed by atoms with van der Waals surface area (Å²) in [5.74, 6) is 2.07. The second-order valence-corrected chi connectivity index (χ2v) is 6.04. The highest BCUT2D eigenvalue weighted by Crippen LogP contribution is 2.37. The van der Waals surface area contributed by atoms with Crippen LogP contribution in [0.3, 0.4) is 0 Å². The van der Waals surface area contributed by atoms with Crippen LogP contribution in [0.25, 0.3) is 0 Å². The summed E-state index contributed by atoms with van der Waals surface area (Å²) < 4.78 is 5.17. The normalized spacial score (nSPS) is 15.8. The first-order chi connectivity index (χ1) is 12.2. The molecule has 0 aliphatic carbocycles. The molecule has 1 atom stereocenters. The summed E-state index contributed by atoms with van der Waals surface area (Å²) in [7, 11) is 1.65. The smallest absolute Gasteiger partial charge is 0.249 e. The van der Waals surface area contributed by atoms with Gasteiger partial charge in [-0.15, -0.1) is 5.10 Å². The lowest BCUT2D eigenvalue weighted by Gasteiger charge is -2.23. The standard InChI is InChI=1S/C19H19N5O/c1-13-11-14-5-3-4-6-17(14)24(13)18-12-20-23-19(22-18)21-15-7-9-16(25-2)10-8-15/h3-10,12-13H,11H2,1-2H3,(H,21,22,23). The van der Waals surface area contributed by atoms with Gasteiger partial charge in [0.05, 0.1) is 13.3 Å². The van der Waals surface area contributed by atoms with E-state index >= 15 is 0 Å². The van der Waals surface area contributed by atoms with E-state index in [0.29, 0.717) is 12.0 Å². The van der Waals surface area contributed by atoms with Gasteiger partial charge in [0.15, 0.2) is 5.82 Å². The largest absolute Gasteiger partial charge is 0.497 e. The van der Waals surface area contributed by atoms with E-state index in [1.54, 1.807) is 13.3 Å². The summed E-state index contributed by atoms with van der Waals surface area (Å²) in [4.78, 5) is 6.86. The van der Waals surface area contributed by atoms with Gasteiger partial charge in [0, 0.05) is 17.4 Å². The van der Waals surface area contributed by atoms with Crippen LogP contribution in [0.4, 0.5) is 23.1 Å². The lowest BCUT2D eigenvalue weighted by atomic mass is 10.1. The Morgan fingerprint density at radius 2 is 1.92 bits per heavy atom. The molecule has 126 valence electrons. The van der Waals surface area contributed by atoms with Crippen molar-refractivity contribution in [2.75, 3.05) is 17.3 Å². The van der Waals surface area contributed by atoms with Gasteiger partial charge in [0.1, 0.15) is 5.75 Å². The predicted octanol–water partition coefficient (Wildman–Crippen LogP) is 3.71. The van der Waals surface area contributed by atoms with E-state index in [-0.39, 0.29) is 0 Å². The maximum Gasteiger partial charge on any atom is 0.249 e. The number of benzene rings is 2. The molecule has 0 saturated carbocycles. The highest BCUT2D eigenvalue weighted by molar-refractivity contribution is 5.69. The van der Waals surface area contributed by atoms with E-state index < -0.39 is 0 Å². The number of hydrogen-bond donors (Lipinski definition) is 1. The molecule has 0 fully saturated rings. The van der Waals surface area contributed by atoms with Gasteiger partial charge < -0.3 is 15.0 Å². The lowest BCUT2D eigenvalue weighted by molar-refractivity contribution is 0.415. The molecule has 2 aromatic carbocycles. The minimum Gasteiger partial charge on any atom is -0.497 e. The van der Waals surface area contributed by atoms with Gasteiger partial charge in [0.25, 0.3) is 0 Å². The molecule has 0 radical (unpaired) electrons. The van der Waals surface area contributed by atoms with Crippen molar-refractivity contribution in [3.05, 3.63) is 60.3 Å². The van der Waals surface area contributed by atoms with Crippen LogP contribution in [0.1, 0.15) is 12.5 Å². The number of nitrogens with one attached hydrogen (secondary N) is 1. The maximum absolute atomic E-state index is 5.17. The van der Waals surface area contributed by atoms with E-state index in [2.05, 4.69) is 56.6 Å². The summed E-state index contributed by atoms with van der Waals surface area (Å²) in [5, 5.41) is 11.4. The molecule has 1 aliphatic rings. The second kappa shape index (κ2) is 6.39. The topological polar surface area (TPSA) is 63.2 Å². The number of rotatable bonds is 4. The molecule has 3 aromatic rings. The Kier molecular flexibility index (Phi) is 3.93. The van der Waals surface area contributed by atoms with Crippen molar-refractivity contribution < 1.29 is 4.74 Å². The summed E-state index contributed by atoms with van der Waals surface area (Å²) in [5.41, 5.74) is 3.40. The van der Waals surface area contributed by atoms with Gasteiger partial charge in [-0.1, -0.05) is 18.2 Å². The number of ether oxygens (including phenoxy) is 1. The van der Waals surface area contributed by atoms with Gasteiger partial charge in [0.2, 0.25) is 5.95 Å². The van der Waals surface area contributed by atoms with Crippen LogP contribution >= 0.6 is 0 Å². The van der Waals surface area contributed by atoms with E-state index in [1.807, 2.05) is 24.3 Å². The Labute approximate surface area is 146 Å².